The molecule has 96 valence electrons. The van der Waals surface area contributed by atoms with Crippen molar-refractivity contribution in [3.05, 3.63) is 35.1 Å². The van der Waals surface area contributed by atoms with E-state index in [0.29, 0.717) is 11.6 Å². The van der Waals surface area contributed by atoms with Crippen LogP contribution in [0.3, 0.4) is 0 Å². The third-order valence-electron chi connectivity index (χ3n) is 1.92. The smallest absolute Gasteiger partial charge is 0.405 e. The van der Waals surface area contributed by atoms with E-state index in [0.717, 1.165) is 0 Å². The number of nitrogens with zero attached hydrogens (tertiary/aromatic N) is 1. The molecule has 2 rings (SSSR count). The Bertz CT molecular complexity index is 528. The van der Waals surface area contributed by atoms with E-state index in [4.69, 9.17) is 0 Å². The summed E-state index contributed by atoms with van der Waals surface area (Å²) < 4.78 is 40.2. The van der Waals surface area contributed by atoms with Crippen molar-refractivity contribution in [2.24, 2.45) is 0 Å². The van der Waals surface area contributed by atoms with Crippen LogP contribution in [0, 0.1) is 0 Å². The Balaban J connectivity index is 2.14. The normalized spacial score (nSPS) is 11.3. The number of aromatic nitrogens is 2. The highest BCUT2D eigenvalue weighted by Gasteiger charge is 2.31. The number of aromatic amines is 1. The first-order valence-corrected chi connectivity index (χ1v) is 5.55. The van der Waals surface area contributed by atoms with Crippen LogP contribution in [0.15, 0.2) is 35.1 Å². The van der Waals surface area contributed by atoms with E-state index >= 15 is 0 Å². The third kappa shape index (κ3) is 3.39. The van der Waals surface area contributed by atoms with Crippen LogP contribution in [-0.4, -0.2) is 16.3 Å². The van der Waals surface area contributed by atoms with Crippen LogP contribution in [0.1, 0.15) is 0 Å². The van der Waals surface area contributed by atoms with Crippen LogP contribution < -0.4 is 10.1 Å². The minimum absolute atomic E-state index is 0.191. The number of hydrogen-bond donors (Lipinski definition) is 2. The number of imidazole rings is 1. The monoisotopic (exact) mass is 321 g/mol. The lowest BCUT2D eigenvalue weighted by atomic mass is 10.3. The quantitative estimate of drug-likeness (QED) is 0.903. The van der Waals surface area contributed by atoms with E-state index in [-0.39, 0.29) is 10.2 Å². The lowest BCUT2D eigenvalue weighted by Gasteiger charge is -2.11. The topological polar surface area (TPSA) is 49.9 Å². The standard InChI is InChI=1S/C10H7BrF3N3O/c11-7-5-6(17-9-15-3-4-16-9)1-2-8(7)18-10(12,13)14/h1-5H,(H2,15,16,17). The van der Waals surface area contributed by atoms with Gasteiger partial charge in [-0.2, -0.15) is 0 Å². The van der Waals surface area contributed by atoms with Gasteiger partial charge in [-0.3, -0.25) is 0 Å². The molecule has 1 aromatic heterocycles. The molecule has 0 saturated carbocycles. The number of ether oxygens (including phenoxy) is 1. The molecule has 0 bridgehead atoms. The molecule has 1 heterocycles. The summed E-state index contributed by atoms with van der Waals surface area (Å²) in [7, 11) is 0. The van der Waals surface area contributed by atoms with Gasteiger partial charge in [0.15, 0.2) is 0 Å². The van der Waals surface area contributed by atoms with Crippen molar-refractivity contribution in [3.63, 3.8) is 0 Å². The maximum Gasteiger partial charge on any atom is 0.573 e. The number of H-pyrrole nitrogens is 1. The summed E-state index contributed by atoms with van der Waals surface area (Å²) in [5.41, 5.74) is 0.575. The Labute approximate surface area is 108 Å². The molecule has 0 saturated heterocycles. The summed E-state index contributed by atoms with van der Waals surface area (Å²) in [6.07, 6.45) is -1.53. The molecule has 0 unspecified atom stereocenters. The number of benzene rings is 1. The second kappa shape index (κ2) is 4.89. The summed E-state index contributed by atoms with van der Waals surface area (Å²) >= 11 is 3.01. The van der Waals surface area contributed by atoms with Crippen LogP contribution in [0.4, 0.5) is 24.8 Å². The second-order valence-electron chi connectivity index (χ2n) is 3.26. The highest BCUT2D eigenvalue weighted by Crippen LogP contribution is 2.32. The Morgan fingerprint density at radius 3 is 2.67 bits per heavy atom. The molecule has 2 aromatic rings. The van der Waals surface area contributed by atoms with Gasteiger partial charge in [-0.15, -0.1) is 13.2 Å². The van der Waals surface area contributed by atoms with Crippen LogP contribution in [0.5, 0.6) is 5.75 Å². The van der Waals surface area contributed by atoms with Gasteiger partial charge in [0.1, 0.15) is 5.75 Å². The molecule has 0 spiro atoms. The Morgan fingerprint density at radius 1 is 1.33 bits per heavy atom. The predicted octanol–water partition coefficient (Wildman–Crippen LogP) is 3.81. The van der Waals surface area contributed by atoms with Crippen LogP contribution in [0.25, 0.3) is 0 Å². The van der Waals surface area contributed by atoms with Crippen molar-refractivity contribution in [2.45, 2.75) is 6.36 Å². The van der Waals surface area contributed by atoms with Gasteiger partial charge in [-0.05, 0) is 34.1 Å². The van der Waals surface area contributed by atoms with Crippen molar-refractivity contribution >= 4 is 27.6 Å². The van der Waals surface area contributed by atoms with Gasteiger partial charge in [-0.25, -0.2) is 4.98 Å². The fourth-order valence-corrected chi connectivity index (χ4v) is 1.72. The van der Waals surface area contributed by atoms with E-state index in [9.17, 15) is 13.2 Å². The molecular formula is C10H7BrF3N3O. The van der Waals surface area contributed by atoms with Gasteiger partial charge >= 0.3 is 6.36 Å². The highest BCUT2D eigenvalue weighted by atomic mass is 79.9. The van der Waals surface area contributed by atoms with Gasteiger partial charge in [0.2, 0.25) is 5.95 Å². The fraction of sp³-hybridized carbons (Fsp3) is 0.100. The number of hydrogen-bond acceptors (Lipinski definition) is 3. The highest BCUT2D eigenvalue weighted by molar-refractivity contribution is 9.10. The molecule has 2 N–H and O–H groups in total. The van der Waals surface area contributed by atoms with Gasteiger partial charge < -0.3 is 15.0 Å². The summed E-state index contributed by atoms with van der Waals surface area (Å²) in [5, 5.41) is 2.88. The zero-order valence-corrected chi connectivity index (χ0v) is 10.3. The number of alkyl halides is 3. The molecule has 0 amide bonds. The SMILES string of the molecule is FC(F)(F)Oc1ccc(Nc2ncc[nH]2)cc1Br. The van der Waals surface area contributed by atoms with Crippen LogP contribution >= 0.6 is 15.9 Å². The maximum absolute atomic E-state index is 12.1. The summed E-state index contributed by atoms with van der Waals surface area (Å²) in [5.74, 6) is 0.193. The molecule has 0 aliphatic rings. The average Bonchev–Trinajstić information content (AvgIpc) is 2.73. The van der Waals surface area contributed by atoms with E-state index in [1.807, 2.05) is 0 Å². The molecule has 0 aliphatic heterocycles. The van der Waals surface area contributed by atoms with E-state index in [1.54, 1.807) is 12.4 Å². The van der Waals surface area contributed by atoms with Crippen LogP contribution in [0.2, 0.25) is 0 Å². The zero-order valence-electron chi connectivity index (χ0n) is 8.75. The van der Waals surface area contributed by atoms with E-state index < -0.39 is 6.36 Å². The predicted molar refractivity (Wildman–Crippen MR) is 62.7 cm³/mol. The third-order valence-corrected chi connectivity index (χ3v) is 2.54. The Kier molecular flexibility index (Phi) is 3.46. The van der Waals surface area contributed by atoms with E-state index in [2.05, 4.69) is 36.0 Å². The Hall–Kier alpha value is -1.70. The van der Waals surface area contributed by atoms with Crippen LogP contribution in [-0.2, 0) is 0 Å². The van der Waals surface area contributed by atoms with Crippen molar-refractivity contribution in [1.29, 1.82) is 0 Å². The minimum Gasteiger partial charge on any atom is -0.405 e. The lowest BCUT2D eigenvalue weighted by molar-refractivity contribution is -0.274. The summed E-state index contributed by atoms with van der Waals surface area (Å²) in [6.45, 7) is 0. The minimum atomic E-state index is -4.71. The largest absolute Gasteiger partial charge is 0.573 e. The molecule has 0 radical (unpaired) electrons. The van der Waals surface area contributed by atoms with Gasteiger partial charge in [-0.1, -0.05) is 0 Å². The molecule has 8 heteroatoms. The van der Waals surface area contributed by atoms with E-state index in [1.165, 1.54) is 18.2 Å². The average molecular weight is 322 g/mol. The van der Waals surface area contributed by atoms with Crippen molar-refractivity contribution in [3.8, 4) is 5.75 Å². The molecule has 0 fully saturated rings. The molecule has 0 aliphatic carbocycles. The molecular weight excluding hydrogens is 315 g/mol. The fourth-order valence-electron chi connectivity index (χ4n) is 1.26. The number of nitrogens with one attached hydrogen (secondary N) is 2. The first-order chi connectivity index (χ1) is 8.44. The number of halogens is 4. The zero-order chi connectivity index (χ0) is 13.2. The molecule has 18 heavy (non-hydrogen) atoms. The van der Waals surface area contributed by atoms with Crippen molar-refractivity contribution in [1.82, 2.24) is 9.97 Å². The van der Waals surface area contributed by atoms with Gasteiger partial charge in [0.25, 0.3) is 0 Å². The second-order valence-corrected chi connectivity index (χ2v) is 4.11. The Morgan fingerprint density at radius 2 is 2.11 bits per heavy atom. The first kappa shape index (κ1) is 12.7. The van der Waals surface area contributed by atoms with Gasteiger partial charge in [0.05, 0.1) is 4.47 Å². The van der Waals surface area contributed by atoms with Gasteiger partial charge in [0, 0.05) is 18.1 Å². The molecule has 4 nitrogen and oxygen atoms in total. The van der Waals surface area contributed by atoms with Crippen molar-refractivity contribution < 1.29 is 17.9 Å². The lowest BCUT2D eigenvalue weighted by Crippen LogP contribution is -2.17. The number of rotatable bonds is 3. The maximum atomic E-state index is 12.1. The summed E-state index contributed by atoms with van der Waals surface area (Å²) in [6, 6.07) is 4.13. The summed E-state index contributed by atoms with van der Waals surface area (Å²) in [4.78, 5) is 6.74. The molecule has 1 aromatic carbocycles. The number of anilines is 2. The first-order valence-electron chi connectivity index (χ1n) is 4.76. The molecule has 0 atom stereocenters. The van der Waals surface area contributed by atoms with Crippen molar-refractivity contribution in [2.75, 3.05) is 5.32 Å².